The molecule has 5 nitrogen and oxygen atoms in total. The van der Waals surface area contributed by atoms with E-state index >= 15 is 0 Å². The molecule has 2 aliphatic carbocycles. The molecule has 1 spiro atoms. The third kappa shape index (κ3) is 2.68. The maximum absolute atomic E-state index is 12.7. The van der Waals surface area contributed by atoms with Crippen LogP contribution in [0.4, 0.5) is 18.0 Å². The molecule has 4 aliphatic rings. The molecule has 1 N–H and O–H groups in total. The predicted molar refractivity (Wildman–Crippen MR) is 87.7 cm³/mol. The molecule has 3 atom stereocenters. The van der Waals surface area contributed by atoms with Gasteiger partial charge in [0, 0.05) is 19.0 Å². The number of nitrogens with zero attached hydrogens (tertiary/aromatic N) is 1. The highest BCUT2D eigenvalue weighted by atomic mass is 19.4. The molecular weight excluding hydrogens is 361 g/mol. The molecule has 5 rings (SSSR count). The van der Waals surface area contributed by atoms with E-state index in [1.54, 1.807) is 12.1 Å². The number of hydrogen-bond donors (Lipinski definition) is 1. The van der Waals surface area contributed by atoms with E-state index in [2.05, 4.69) is 5.32 Å². The lowest BCUT2D eigenvalue weighted by Crippen LogP contribution is -2.58. The van der Waals surface area contributed by atoms with Crippen molar-refractivity contribution in [1.82, 2.24) is 10.2 Å². The van der Waals surface area contributed by atoms with Crippen molar-refractivity contribution in [1.29, 1.82) is 0 Å². The Kier molecular flexibility index (Phi) is 3.37. The Hall–Kier alpha value is -2.25. The summed E-state index contributed by atoms with van der Waals surface area (Å²) in [5, 5.41) is 2.79. The Morgan fingerprint density at radius 2 is 1.78 bits per heavy atom. The van der Waals surface area contributed by atoms with E-state index in [4.69, 9.17) is 4.74 Å². The Bertz CT molecular complexity index is 789. The first-order valence-corrected chi connectivity index (χ1v) is 9.17. The van der Waals surface area contributed by atoms with Gasteiger partial charge in [0.15, 0.2) is 0 Å². The van der Waals surface area contributed by atoms with Gasteiger partial charge in [0.05, 0.1) is 11.1 Å². The highest BCUT2D eigenvalue weighted by Gasteiger charge is 2.59. The van der Waals surface area contributed by atoms with Crippen molar-refractivity contribution in [2.45, 2.75) is 30.5 Å². The molecule has 2 saturated carbocycles. The molecule has 2 saturated heterocycles. The molecule has 0 aromatic heterocycles. The number of alkyl carbamates (subject to hydrolysis) is 1. The van der Waals surface area contributed by atoms with E-state index in [-0.39, 0.29) is 23.3 Å². The predicted octanol–water partition coefficient (Wildman–Crippen LogP) is 2.77. The van der Waals surface area contributed by atoms with Crippen LogP contribution in [0.25, 0.3) is 0 Å². The summed E-state index contributed by atoms with van der Waals surface area (Å²) < 4.78 is 43.0. The van der Waals surface area contributed by atoms with E-state index in [0.29, 0.717) is 44.4 Å². The van der Waals surface area contributed by atoms with E-state index in [0.717, 1.165) is 17.7 Å². The monoisotopic (exact) mass is 380 g/mol. The van der Waals surface area contributed by atoms with E-state index in [9.17, 15) is 22.8 Å². The molecule has 0 unspecified atom stereocenters. The first-order chi connectivity index (χ1) is 12.8. The number of carbonyl (C=O) groups is 2. The van der Waals surface area contributed by atoms with Gasteiger partial charge >= 0.3 is 12.3 Å². The largest absolute Gasteiger partial charge is 0.447 e. The number of hydrogen-bond acceptors (Lipinski definition) is 3. The average molecular weight is 380 g/mol. The van der Waals surface area contributed by atoms with E-state index in [1.807, 2.05) is 4.90 Å². The van der Waals surface area contributed by atoms with Gasteiger partial charge in [-0.25, -0.2) is 4.79 Å². The Labute approximate surface area is 153 Å². The lowest BCUT2D eigenvalue weighted by atomic mass is 9.68. The SMILES string of the molecule is O=C1NC2(CO1)CC(C(=O)N1C[C@@H]3[C@H](C1)[C@H]3c1ccc(C(F)(F)F)cc1)C2. The first-order valence-electron chi connectivity index (χ1n) is 9.17. The molecular formula is C19H19F3N2O3. The molecule has 8 heteroatoms. The fourth-order valence-electron chi connectivity index (χ4n) is 5.12. The quantitative estimate of drug-likeness (QED) is 0.858. The highest BCUT2D eigenvalue weighted by Crippen LogP contribution is 2.58. The summed E-state index contributed by atoms with van der Waals surface area (Å²) in [5.74, 6) is 0.990. The van der Waals surface area contributed by atoms with Gasteiger partial charge in [0.2, 0.25) is 5.91 Å². The third-order valence-electron chi connectivity index (χ3n) is 6.60. The molecule has 0 bridgehead atoms. The number of likely N-dealkylation sites (tertiary alicyclic amines) is 1. The standard InChI is InChI=1S/C19H19F3N2O3/c20-19(21,22)12-3-1-10(2-4-12)15-13-7-24(8-14(13)15)16(25)11-5-18(6-11)9-27-17(26)23-18/h1-4,11,13-15H,5-9H2,(H,23,26)/t11?,13-,14+,15+,18?. The summed E-state index contributed by atoms with van der Waals surface area (Å²) >= 11 is 0. The van der Waals surface area contributed by atoms with Crippen molar-refractivity contribution in [3.8, 4) is 0 Å². The van der Waals surface area contributed by atoms with Crippen molar-refractivity contribution >= 4 is 12.0 Å². The van der Waals surface area contributed by atoms with Crippen molar-refractivity contribution < 1.29 is 27.5 Å². The molecule has 1 aromatic carbocycles. The normalized spacial score (nSPS) is 36.9. The molecule has 4 fully saturated rings. The maximum Gasteiger partial charge on any atom is 0.416 e. The summed E-state index contributed by atoms with van der Waals surface area (Å²) in [6.07, 6.45) is -3.49. The van der Waals surface area contributed by atoms with Crippen LogP contribution < -0.4 is 5.32 Å². The number of nitrogens with one attached hydrogen (secondary N) is 1. The fraction of sp³-hybridized carbons (Fsp3) is 0.579. The number of fused-ring (bicyclic) bond motifs is 1. The van der Waals surface area contributed by atoms with Crippen molar-refractivity contribution in [2.75, 3.05) is 19.7 Å². The zero-order valence-corrected chi connectivity index (χ0v) is 14.5. The summed E-state index contributed by atoms with van der Waals surface area (Å²) in [5.41, 5.74) is -0.0581. The van der Waals surface area contributed by atoms with Gasteiger partial charge in [-0.3, -0.25) is 4.79 Å². The van der Waals surface area contributed by atoms with Gasteiger partial charge in [0.25, 0.3) is 0 Å². The van der Waals surface area contributed by atoms with Crippen LogP contribution in [0, 0.1) is 17.8 Å². The minimum absolute atomic E-state index is 0.0750. The number of ether oxygens (including phenoxy) is 1. The number of cyclic esters (lactones) is 1. The van der Waals surface area contributed by atoms with Gasteiger partial charge in [-0.15, -0.1) is 0 Å². The minimum atomic E-state index is -4.31. The molecule has 27 heavy (non-hydrogen) atoms. The van der Waals surface area contributed by atoms with Crippen LogP contribution in [0.15, 0.2) is 24.3 Å². The summed E-state index contributed by atoms with van der Waals surface area (Å²) in [7, 11) is 0. The number of piperidine rings is 1. The molecule has 1 aromatic rings. The zero-order chi connectivity index (χ0) is 19.0. The second-order valence-electron chi connectivity index (χ2n) is 8.30. The first kappa shape index (κ1) is 16.9. The molecule has 2 amide bonds. The van der Waals surface area contributed by atoms with Crippen molar-refractivity contribution in [3.05, 3.63) is 35.4 Å². The van der Waals surface area contributed by atoms with Gasteiger partial charge in [-0.05, 0) is 48.3 Å². The van der Waals surface area contributed by atoms with Gasteiger partial charge in [0.1, 0.15) is 6.61 Å². The Morgan fingerprint density at radius 3 is 2.30 bits per heavy atom. The van der Waals surface area contributed by atoms with Crippen LogP contribution in [0.5, 0.6) is 0 Å². The second-order valence-corrected chi connectivity index (χ2v) is 8.30. The van der Waals surface area contributed by atoms with E-state index < -0.39 is 17.8 Å². The van der Waals surface area contributed by atoms with Crippen LogP contribution >= 0.6 is 0 Å². The minimum Gasteiger partial charge on any atom is -0.447 e. The molecule has 0 radical (unpaired) electrons. The van der Waals surface area contributed by atoms with Gasteiger partial charge in [-0.2, -0.15) is 13.2 Å². The van der Waals surface area contributed by atoms with Crippen LogP contribution in [-0.4, -0.2) is 42.1 Å². The summed E-state index contributed by atoms with van der Waals surface area (Å²) in [6.45, 7) is 1.67. The van der Waals surface area contributed by atoms with Crippen molar-refractivity contribution in [2.24, 2.45) is 17.8 Å². The molecule has 144 valence electrons. The third-order valence-corrected chi connectivity index (χ3v) is 6.60. The fourth-order valence-corrected chi connectivity index (χ4v) is 5.12. The number of halogens is 3. The Morgan fingerprint density at radius 1 is 1.15 bits per heavy atom. The highest BCUT2D eigenvalue weighted by molar-refractivity contribution is 5.82. The molecule has 2 aliphatic heterocycles. The lowest BCUT2D eigenvalue weighted by molar-refractivity contribution is -0.140. The molecule has 2 heterocycles. The number of amides is 2. The smallest absolute Gasteiger partial charge is 0.416 e. The van der Waals surface area contributed by atoms with Crippen LogP contribution in [-0.2, 0) is 15.7 Å². The summed E-state index contributed by atoms with van der Waals surface area (Å²) in [6, 6.07) is 5.41. The van der Waals surface area contributed by atoms with Crippen LogP contribution in [0.1, 0.15) is 29.9 Å². The topological polar surface area (TPSA) is 58.6 Å². The number of carbonyl (C=O) groups excluding carboxylic acids is 2. The van der Waals surface area contributed by atoms with Crippen molar-refractivity contribution in [3.63, 3.8) is 0 Å². The number of rotatable bonds is 2. The average Bonchev–Trinajstić information content (AvgIpc) is 2.93. The second kappa shape index (κ2) is 5.39. The number of benzene rings is 1. The van der Waals surface area contributed by atoms with Gasteiger partial charge < -0.3 is 15.0 Å². The lowest BCUT2D eigenvalue weighted by Gasteiger charge is -2.43. The van der Waals surface area contributed by atoms with Crippen LogP contribution in [0.3, 0.4) is 0 Å². The van der Waals surface area contributed by atoms with E-state index in [1.165, 1.54) is 0 Å². The summed E-state index contributed by atoms with van der Waals surface area (Å²) in [4.78, 5) is 25.7. The maximum atomic E-state index is 12.7. The Balaban J connectivity index is 1.16. The van der Waals surface area contributed by atoms with Gasteiger partial charge in [-0.1, -0.05) is 12.1 Å². The number of alkyl halides is 3. The zero-order valence-electron chi connectivity index (χ0n) is 14.5. The van der Waals surface area contributed by atoms with Crippen LogP contribution in [0.2, 0.25) is 0 Å².